The van der Waals surface area contributed by atoms with E-state index >= 15 is 0 Å². The molecule has 94 valence electrons. The smallest absolute Gasteiger partial charge is 0.238 e. The maximum Gasteiger partial charge on any atom is 0.238 e. The van der Waals surface area contributed by atoms with Crippen LogP contribution in [0.3, 0.4) is 0 Å². The zero-order valence-electron chi connectivity index (χ0n) is 10.4. The van der Waals surface area contributed by atoms with Crippen molar-refractivity contribution in [3.63, 3.8) is 0 Å². The van der Waals surface area contributed by atoms with Crippen molar-refractivity contribution in [3.05, 3.63) is 72.4 Å². The second kappa shape index (κ2) is 4.98. The summed E-state index contributed by atoms with van der Waals surface area (Å²) in [7, 11) is 0. The zero-order valence-corrected chi connectivity index (χ0v) is 10.4. The van der Waals surface area contributed by atoms with E-state index in [0.717, 1.165) is 16.7 Å². The van der Waals surface area contributed by atoms with Crippen LogP contribution in [-0.2, 0) is 6.54 Å². The van der Waals surface area contributed by atoms with Gasteiger partial charge in [0.25, 0.3) is 0 Å². The van der Waals surface area contributed by atoms with E-state index in [-0.39, 0.29) is 5.88 Å². The van der Waals surface area contributed by atoms with Gasteiger partial charge in [0, 0.05) is 6.20 Å². The first-order chi connectivity index (χ1) is 9.33. The average molecular weight is 250 g/mol. The minimum Gasteiger partial charge on any atom is -0.492 e. The highest BCUT2D eigenvalue weighted by molar-refractivity contribution is 5.67. The predicted molar refractivity (Wildman–Crippen MR) is 74.9 cm³/mol. The first-order valence-electron chi connectivity index (χ1n) is 6.19. The van der Waals surface area contributed by atoms with Gasteiger partial charge in [-0.25, -0.2) is 0 Å². The minimum absolute atomic E-state index is 0.0714. The average Bonchev–Trinajstić information content (AvgIpc) is 2.82. The van der Waals surface area contributed by atoms with E-state index in [0.29, 0.717) is 6.54 Å². The summed E-state index contributed by atoms with van der Waals surface area (Å²) in [6, 6.07) is 19.8. The van der Waals surface area contributed by atoms with Crippen LogP contribution in [0.2, 0.25) is 0 Å². The van der Waals surface area contributed by atoms with Gasteiger partial charge in [0.1, 0.15) is 0 Å². The molecule has 0 radical (unpaired) electrons. The van der Waals surface area contributed by atoms with E-state index < -0.39 is 0 Å². The maximum atomic E-state index is 9.93. The second-order valence-corrected chi connectivity index (χ2v) is 4.42. The summed E-state index contributed by atoms with van der Waals surface area (Å²) in [6.07, 6.45) is 1.87. The highest BCUT2D eigenvalue weighted by Crippen LogP contribution is 2.27. The quantitative estimate of drug-likeness (QED) is 0.774. The molecule has 0 atom stereocenters. The number of hydrogen-bond donors (Lipinski definition) is 1. The first kappa shape index (κ1) is 11.5. The van der Waals surface area contributed by atoms with Gasteiger partial charge in [-0.15, -0.1) is 5.10 Å². The van der Waals surface area contributed by atoms with Gasteiger partial charge in [-0.3, -0.25) is 4.68 Å². The Morgan fingerprint density at radius 1 is 0.895 bits per heavy atom. The van der Waals surface area contributed by atoms with E-state index in [1.165, 1.54) is 0 Å². The Hall–Kier alpha value is -2.55. The SMILES string of the molecule is Oc1nn(Cc2ccccc2)cc1-c1ccccc1. The molecule has 1 heterocycles. The van der Waals surface area contributed by atoms with Crippen molar-refractivity contribution in [2.24, 2.45) is 0 Å². The Morgan fingerprint density at radius 2 is 1.53 bits per heavy atom. The van der Waals surface area contributed by atoms with Crippen LogP contribution in [0.15, 0.2) is 66.9 Å². The topological polar surface area (TPSA) is 38.1 Å². The third kappa shape index (κ3) is 2.50. The number of benzene rings is 2. The van der Waals surface area contributed by atoms with Crippen LogP contribution < -0.4 is 0 Å². The van der Waals surface area contributed by atoms with Crippen molar-refractivity contribution in [1.29, 1.82) is 0 Å². The van der Waals surface area contributed by atoms with Gasteiger partial charge in [0.2, 0.25) is 5.88 Å². The lowest BCUT2D eigenvalue weighted by atomic mass is 10.1. The third-order valence-corrected chi connectivity index (χ3v) is 3.01. The van der Waals surface area contributed by atoms with Crippen LogP contribution in [0.4, 0.5) is 0 Å². The van der Waals surface area contributed by atoms with Crippen molar-refractivity contribution in [1.82, 2.24) is 9.78 Å². The van der Waals surface area contributed by atoms with E-state index in [1.54, 1.807) is 4.68 Å². The molecule has 0 unspecified atom stereocenters. The summed E-state index contributed by atoms with van der Waals surface area (Å²) < 4.78 is 1.76. The fourth-order valence-electron chi connectivity index (χ4n) is 2.08. The van der Waals surface area contributed by atoms with E-state index in [2.05, 4.69) is 5.10 Å². The summed E-state index contributed by atoms with van der Waals surface area (Å²) in [4.78, 5) is 0. The number of aromatic nitrogens is 2. The molecule has 0 saturated heterocycles. The van der Waals surface area contributed by atoms with E-state index in [1.807, 2.05) is 66.9 Å². The van der Waals surface area contributed by atoms with Crippen molar-refractivity contribution < 1.29 is 5.11 Å². The predicted octanol–water partition coefficient (Wildman–Crippen LogP) is 3.30. The van der Waals surface area contributed by atoms with Crippen molar-refractivity contribution in [2.75, 3.05) is 0 Å². The Kier molecular flexibility index (Phi) is 3.02. The molecule has 0 amide bonds. The molecule has 0 aliphatic rings. The standard InChI is InChI=1S/C16H14N2O/c19-16-15(14-9-5-2-6-10-14)12-18(17-16)11-13-7-3-1-4-8-13/h1-10,12H,11H2,(H,17,19). The Balaban J connectivity index is 1.90. The van der Waals surface area contributed by atoms with Gasteiger partial charge in [-0.2, -0.15) is 0 Å². The molecule has 0 aliphatic heterocycles. The van der Waals surface area contributed by atoms with Crippen molar-refractivity contribution in [2.45, 2.75) is 6.54 Å². The number of aromatic hydroxyl groups is 1. The van der Waals surface area contributed by atoms with Crippen LogP contribution in [-0.4, -0.2) is 14.9 Å². The molecule has 1 aromatic heterocycles. The molecule has 1 N–H and O–H groups in total. The van der Waals surface area contributed by atoms with Gasteiger partial charge in [0.05, 0.1) is 12.1 Å². The van der Waals surface area contributed by atoms with Gasteiger partial charge >= 0.3 is 0 Å². The number of nitrogens with zero attached hydrogens (tertiary/aromatic N) is 2. The summed E-state index contributed by atoms with van der Waals surface area (Å²) in [5.74, 6) is 0.0714. The summed E-state index contributed by atoms with van der Waals surface area (Å²) >= 11 is 0. The highest BCUT2D eigenvalue weighted by atomic mass is 16.3. The Labute approximate surface area is 111 Å². The second-order valence-electron chi connectivity index (χ2n) is 4.42. The highest BCUT2D eigenvalue weighted by Gasteiger charge is 2.09. The molecule has 0 fully saturated rings. The largest absolute Gasteiger partial charge is 0.492 e. The van der Waals surface area contributed by atoms with Crippen molar-refractivity contribution >= 4 is 0 Å². The molecule has 0 saturated carbocycles. The summed E-state index contributed by atoms with van der Waals surface area (Å²) in [5, 5.41) is 14.1. The number of rotatable bonds is 3. The summed E-state index contributed by atoms with van der Waals surface area (Å²) in [5.41, 5.74) is 2.89. The lowest BCUT2D eigenvalue weighted by molar-refractivity contribution is 0.442. The Morgan fingerprint density at radius 3 is 2.21 bits per heavy atom. The molecule has 3 rings (SSSR count). The molecule has 3 aromatic rings. The lowest BCUT2D eigenvalue weighted by Gasteiger charge is -2.00. The summed E-state index contributed by atoms with van der Waals surface area (Å²) in [6.45, 7) is 0.654. The van der Waals surface area contributed by atoms with Crippen LogP contribution in [0.1, 0.15) is 5.56 Å². The molecule has 3 nitrogen and oxygen atoms in total. The van der Waals surface area contributed by atoms with Crippen LogP contribution >= 0.6 is 0 Å². The molecule has 2 aromatic carbocycles. The molecule has 3 heteroatoms. The van der Waals surface area contributed by atoms with Crippen LogP contribution in [0.5, 0.6) is 5.88 Å². The fourth-order valence-corrected chi connectivity index (χ4v) is 2.08. The van der Waals surface area contributed by atoms with Gasteiger partial charge < -0.3 is 5.11 Å². The molecule has 0 spiro atoms. The molecular formula is C16H14N2O. The van der Waals surface area contributed by atoms with E-state index in [9.17, 15) is 5.11 Å². The van der Waals surface area contributed by atoms with Crippen LogP contribution in [0.25, 0.3) is 11.1 Å². The molecule has 19 heavy (non-hydrogen) atoms. The minimum atomic E-state index is 0.0714. The maximum absolute atomic E-state index is 9.93. The molecule has 0 aliphatic carbocycles. The van der Waals surface area contributed by atoms with Gasteiger partial charge in [-0.05, 0) is 11.1 Å². The molecule has 0 bridgehead atoms. The molecular weight excluding hydrogens is 236 g/mol. The van der Waals surface area contributed by atoms with Crippen LogP contribution in [0, 0.1) is 0 Å². The van der Waals surface area contributed by atoms with E-state index in [4.69, 9.17) is 0 Å². The Bertz CT molecular complexity index is 660. The first-order valence-corrected chi connectivity index (χ1v) is 6.19. The monoisotopic (exact) mass is 250 g/mol. The third-order valence-electron chi connectivity index (χ3n) is 3.01. The number of hydrogen-bond acceptors (Lipinski definition) is 2. The zero-order chi connectivity index (χ0) is 13.1. The lowest BCUT2D eigenvalue weighted by Crippen LogP contribution is -1.99. The van der Waals surface area contributed by atoms with Gasteiger partial charge in [0.15, 0.2) is 0 Å². The fraction of sp³-hybridized carbons (Fsp3) is 0.0625. The van der Waals surface area contributed by atoms with Crippen molar-refractivity contribution in [3.8, 4) is 17.0 Å². The van der Waals surface area contributed by atoms with Gasteiger partial charge in [-0.1, -0.05) is 60.7 Å². The normalized spacial score (nSPS) is 10.5.